The number of urea groups is 1. The van der Waals surface area contributed by atoms with Crippen LogP contribution in [-0.2, 0) is 14.8 Å². The quantitative estimate of drug-likeness (QED) is 0.713. The van der Waals surface area contributed by atoms with Crippen molar-refractivity contribution in [1.82, 2.24) is 14.5 Å². The smallest absolute Gasteiger partial charge is 0.326 e. The van der Waals surface area contributed by atoms with E-state index in [0.29, 0.717) is 29.9 Å². The normalized spacial score (nSPS) is 21.7. The third-order valence-electron chi connectivity index (χ3n) is 5.29. The van der Waals surface area contributed by atoms with Gasteiger partial charge in [0.2, 0.25) is 10.0 Å². The Labute approximate surface area is 179 Å². The van der Waals surface area contributed by atoms with Crippen molar-refractivity contribution in [3.05, 3.63) is 54.1 Å². The maximum atomic E-state index is 13.2. The largest absolute Gasteiger partial charge is 0.457 e. The lowest BCUT2D eigenvalue weighted by atomic mass is 10.2. The Morgan fingerprint density at radius 1 is 1.06 bits per heavy atom. The number of nitriles is 1. The van der Waals surface area contributed by atoms with Crippen molar-refractivity contribution in [2.45, 2.75) is 36.9 Å². The Bertz CT molecular complexity index is 1160. The first kappa shape index (κ1) is 20.8. The molecule has 31 heavy (non-hydrogen) atoms. The molecule has 2 aliphatic heterocycles. The molecule has 2 atom stereocenters. The molecule has 4 rings (SSSR count). The zero-order valence-corrected chi connectivity index (χ0v) is 17.5. The van der Waals surface area contributed by atoms with Crippen LogP contribution in [0.3, 0.4) is 0 Å². The average Bonchev–Trinajstić information content (AvgIpc) is 3.33. The van der Waals surface area contributed by atoms with E-state index in [1.54, 1.807) is 31.2 Å². The van der Waals surface area contributed by atoms with Crippen LogP contribution in [0.25, 0.3) is 0 Å². The number of hydrogen-bond donors (Lipinski definition) is 1. The second-order valence-electron chi connectivity index (χ2n) is 7.33. The van der Waals surface area contributed by atoms with Gasteiger partial charge in [-0.05, 0) is 68.3 Å². The van der Waals surface area contributed by atoms with Crippen molar-refractivity contribution >= 4 is 22.0 Å². The molecule has 9 nitrogen and oxygen atoms in total. The summed E-state index contributed by atoms with van der Waals surface area (Å²) >= 11 is 0. The summed E-state index contributed by atoms with van der Waals surface area (Å²) in [5.41, 5.74) is 0.508. The van der Waals surface area contributed by atoms with Gasteiger partial charge in [0.15, 0.2) is 0 Å². The van der Waals surface area contributed by atoms with Gasteiger partial charge >= 0.3 is 6.03 Å². The molecule has 0 radical (unpaired) electrons. The minimum absolute atomic E-state index is 0.0479. The van der Waals surface area contributed by atoms with Crippen LogP contribution >= 0.6 is 0 Å². The van der Waals surface area contributed by atoms with Crippen LogP contribution in [0.1, 0.15) is 25.3 Å². The third kappa shape index (κ3) is 3.85. The molecule has 1 N–H and O–H groups in total. The molecule has 0 bridgehead atoms. The highest BCUT2D eigenvalue weighted by atomic mass is 32.2. The standard InChI is InChI=1S/C21H20N4O5S/c1-14-20(26)25(21(27)23-14)19-3-2-12-24(19)31(28,29)18-10-8-17(9-11-18)30-16-6-4-15(13-22)5-7-16/h4-11,14,19H,2-3,12H2,1H3,(H,23,27). The van der Waals surface area contributed by atoms with Crippen LogP contribution in [-0.4, -0.2) is 48.3 Å². The predicted molar refractivity (Wildman–Crippen MR) is 109 cm³/mol. The van der Waals surface area contributed by atoms with Crippen LogP contribution in [0.4, 0.5) is 4.79 Å². The van der Waals surface area contributed by atoms with Crippen molar-refractivity contribution < 1.29 is 22.7 Å². The fraction of sp³-hybridized carbons (Fsp3) is 0.286. The summed E-state index contributed by atoms with van der Waals surface area (Å²) in [6.07, 6.45) is 0.109. The number of carbonyl (C=O) groups excluding carboxylic acids is 2. The van der Waals surface area contributed by atoms with Gasteiger partial charge in [0.1, 0.15) is 23.7 Å². The second kappa shape index (κ2) is 8.02. The Morgan fingerprint density at radius 2 is 1.68 bits per heavy atom. The van der Waals surface area contributed by atoms with Gasteiger partial charge in [-0.1, -0.05) is 0 Å². The molecule has 0 aromatic heterocycles. The third-order valence-corrected chi connectivity index (χ3v) is 7.20. The summed E-state index contributed by atoms with van der Waals surface area (Å²) in [6, 6.07) is 13.3. The van der Waals surface area contributed by atoms with E-state index in [-0.39, 0.29) is 11.4 Å². The molecule has 10 heteroatoms. The first-order chi connectivity index (χ1) is 14.8. The minimum Gasteiger partial charge on any atom is -0.457 e. The number of amides is 3. The van der Waals surface area contributed by atoms with Gasteiger partial charge in [-0.3, -0.25) is 4.79 Å². The van der Waals surface area contributed by atoms with Crippen LogP contribution in [0, 0.1) is 11.3 Å². The van der Waals surface area contributed by atoms with E-state index in [9.17, 15) is 18.0 Å². The monoisotopic (exact) mass is 440 g/mol. The summed E-state index contributed by atoms with van der Waals surface area (Å²) < 4.78 is 33.3. The number of carbonyl (C=O) groups is 2. The summed E-state index contributed by atoms with van der Waals surface area (Å²) in [5, 5.41) is 11.4. The number of rotatable bonds is 5. The SMILES string of the molecule is CC1NC(=O)N(C2CCCN2S(=O)(=O)c2ccc(Oc3ccc(C#N)cc3)cc2)C1=O. The van der Waals surface area contributed by atoms with Crippen LogP contribution in [0.2, 0.25) is 0 Å². The van der Waals surface area contributed by atoms with Crippen molar-refractivity contribution in [3.8, 4) is 17.6 Å². The van der Waals surface area contributed by atoms with Gasteiger partial charge in [-0.15, -0.1) is 0 Å². The van der Waals surface area contributed by atoms with Gasteiger partial charge < -0.3 is 10.1 Å². The van der Waals surface area contributed by atoms with Gasteiger partial charge in [-0.2, -0.15) is 9.57 Å². The van der Waals surface area contributed by atoms with E-state index in [1.165, 1.54) is 28.6 Å². The van der Waals surface area contributed by atoms with E-state index in [0.717, 1.165) is 4.90 Å². The number of nitrogens with one attached hydrogen (secondary N) is 1. The molecule has 160 valence electrons. The van der Waals surface area contributed by atoms with Crippen molar-refractivity contribution in [3.63, 3.8) is 0 Å². The number of nitrogens with zero attached hydrogens (tertiary/aromatic N) is 3. The summed E-state index contributed by atoms with van der Waals surface area (Å²) in [5.74, 6) is 0.523. The van der Waals surface area contributed by atoms with E-state index < -0.39 is 34.2 Å². The molecule has 0 spiro atoms. The molecule has 0 aliphatic carbocycles. The first-order valence-electron chi connectivity index (χ1n) is 9.75. The van der Waals surface area contributed by atoms with Crippen LogP contribution in [0.5, 0.6) is 11.5 Å². The molecule has 2 heterocycles. The van der Waals surface area contributed by atoms with E-state index in [2.05, 4.69) is 5.32 Å². The Kier molecular flexibility index (Phi) is 5.39. The second-order valence-corrected chi connectivity index (χ2v) is 9.22. The zero-order valence-electron chi connectivity index (χ0n) is 16.7. The number of ether oxygens (including phenoxy) is 1. The maximum absolute atomic E-state index is 13.2. The van der Waals surface area contributed by atoms with Gasteiger partial charge in [-0.25, -0.2) is 18.1 Å². The highest BCUT2D eigenvalue weighted by Gasteiger charge is 2.47. The number of sulfonamides is 1. The average molecular weight is 440 g/mol. The fourth-order valence-electron chi connectivity index (χ4n) is 3.72. The molecular formula is C21H20N4O5S. The highest BCUT2D eigenvalue weighted by Crippen LogP contribution is 2.31. The summed E-state index contributed by atoms with van der Waals surface area (Å²) in [6.45, 7) is 1.79. The fourth-order valence-corrected chi connectivity index (χ4v) is 5.36. The van der Waals surface area contributed by atoms with Crippen molar-refractivity contribution in [2.24, 2.45) is 0 Å². The molecule has 2 saturated heterocycles. The Balaban J connectivity index is 1.53. The molecule has 2 fully saturated rings. The lowest BCUT2D eigenvalue weighted by Gasteiger charge is -2.29. The molecule has 2 aliphatic rings. The minimum atomic E-state index is -3.92. The topological polar surface area (TPSA) is 120 Å². The van der Waals surface area contributed by atoms with Crippen molar-refractivity contribution in [1.29, 1.82) is 5.26 Å². The summed E-state index contributed by atoms with van der Waals surface area (Å²) in [7, 11) is -3.92. The lowest BCUT2D eigenvalue weighted by Crippen LogP contribution is -2.50. The molecule has 2 aromatic carbocycles. The molecular weight excluding hydrogens is 420 g/mol. The van der Waals surface area contributed by atoms with Crippen LogP contribution < -0.4 is 10.1 Å². The number of imide groups is 1. The predicted octanol–water partition coefficient (Wildman–Crippen LogP) is 2.40. The van der Waals surface area contributed by atoms with Crippen molar-refractivity contribution in [2.75, 3.05) is 6.54 Å². The van der Waals surface area contributed by atoms with E-state index in [4.69, 9.17) is 10.00 Å². The van der Waals surface area contributed by atoms with Crippen LogP contribution in [0.15, 0.2) is 53.4 Å². The highest BCUT2D eigenvalue weighted by molar-refractivity contribution is 7.89. The molecule has 3 amide bonds. The lowest BCUT2D eigenvalue weighted by molar-refractivity contribution is -0.129. The van der Waals surface area contributed by atoms with Gasteiger partial charge in [0, 0.05) is 6.54 Å². The first-order valence-corrected chi connectivity index (χ1v) is 11.2. The molecule has 2 unspecified atom stereocenters. The Hall–Kier alpha value is -3.42. The molecule has 0 saturated carbocycles. The zero-order chi connectivity index (χ0) is 22.2. The van der Waals surface area contributed by atoms with Gasteiger partial charge in [0.25, 0.3) is 5.91 Å². The molecule has 2 aromatic rings. The maximum Gasteiger partial charge on any atom is 0.326 e. The Morgan fingerprint density at radius 3 is 2.23 bits per heavy atom. The van der Waals surface area contributed by atoms with E-state index in [1.807, 2.05) is 6.07 Å². The number of benzene rings is 2. The van der Waals surface area contributed by atoms with E-state index >= 15 is 0 Å². The number of hydrogen-bond acceptors (Lipinski definition) is 6. The van der Waals surface area contributed by atoms with Gasteiger partial charge in [0.05, 0.1) is 16.5 Å². The summed E-state index contributed by atoms with van der Waals surface area (Å²) in [4.78, 5) is 25.6.